The fraction of sp³-hybridized carbons (Fsp3) is 0.300. The fourth-order valence-corrected chi connectivity index (χ4v) is 3.97. The lowest BCUT2D eigenvalue weighted by Gasteiger charge is -2.17. The first-order valence-electron chi connectivity index (χ1n) is 9.32. The summed E-state index contributed by atoms with van der Waals surface area (Å²) < 4.78 is 4.94. The van der Waals surface area contributed by atoms with Gasteiger partial charge in [0.05, 0.1) is 17.1 Å². The van der Waals surface area contributed by atoms with Crippen LogP contribution in [0.3, 0.4) is 0 Å². The molecule has 1 N–H and O–H groups in total. The number of imidazole rings is 1. The zero-order valence-electron chi connectivity index (χ0n) is 16.3. The van der Waals surface area contributed by atoms with Gasteiger partial charge in [-0.05, 0) is 42.7 Å². The molecule has 0 bridgehead atoms. The van der Waals surface area contributed by atoms with E-state index >= 15 is 0 Å². The maximum absolute atomic E-state index is 12.9. The summed E-state index contributed by atoms with van der Waals surface area (Å²) in [4.78, 5) is 25.5. The van der Waals surface area contributed by atoms with E-state index in [1.54, 1.807) is 23.4 Å². The second kappa shape index (κ2) is 8.12. The Hall–Kier alpha value is -3.07. The Morgan fingerprint density at radius 3 is 2.69 bits per heavy atom. The zero-order valence-corrected chi connectivity index (χ0v) is 17.1. The topological polar surface area (TPSA) is 86.2 Å². The molecule has 1 amide bonds. The lowest BCUT2D eigenvalue weighted by molar-refractivity contribution is -0.122. The van der Waals surface area contributed by atoms with Gasteiger partial charge in [0.15, 0.2) is 11.5 Å². The SMILES string of the molecule is CSCCC(NC(=O)Cn1c(=O)n(C)c2ccccc21)c1nnc2ccccn12. The van der Waals surface area contributed by atoms with Crippen molar-refractivity contribution in [3.8, 4) is 0 Å². The van der Waals surface area contributed by atoms with Gasteiger partial charge in [0.25, 0.3) is 0 Å². The van der Waals surface area contributed by atoms with E-state index in [0.29, 0.717) is 12.2 Å². The van der Waals surface area contributed by atoms with E-state index in [4.69, 9.17) is 0 Å². The third-order valence-electron chi connectivity index (χ3n) is 4.95. The van der Waals surface area contributed by atoms with Gasteiger partial charge in [-0.25, -0.2) is 4.79 Å². The maximum Gasteiger partial charge on any atom is 0.329 e. The van der Waals surface area contributed by atoms with Crippen LogP contribution >= 0.6 is 11.8 Å². The number of thioether (sulfide) groups is 1. The Labute approximate surface area is 171 Å². The minimum absolute atomic E-state index is 0.0489. The molecule has 0 saturated carbocycles. The van der Waals surface area contributed by atoms with E-state index in [1.165, 1.54) is 4.57 Å². The van der Waals surface area contributed by atoms with Gasteiger partial charge in [-0.15, -0.1) is 10.2 Å². The van der Waals surface area contributed by atoms with Crippen LogP contribution in [-0.4, -0.2) is 41.6 Å². The van der Waals surface area contributed by atoms with Gasteiger partial charge in [-0.3, -0.25) is 18.3 Å². The molecule has 0 aliphatic heterocycles. The molecule has 1 unspecified atom stereocenters. The van der Waals surface area contributed by atoms with Crippen molar-refractivity contribution < 1.29 is 4.79 Å². The minimum atomic E-state index is -0.293. The molecule has 3 heterocycles. The molecule has 8 nitrogen and oxygen atoms in total. The standard InChI is InChI=1S/C20H22N6O2S/c1-24-15-7-3-4-8-16(15)26(20(24)28)13-18(27)21-14(10-12-29-2)19-23-22-17-9-5-6-11-25(17)19/h3-9,11,14H,10,12-13H2,1-2H3,(H,21,27). The van der Waals surface area contributed by atoms with Crippen molar-refractivity contribution in [2.75, 3.05) is 12.0 Å². The number of rotatable bonds is 7. The second-order valence-corrected chi connectivity index (χ2v) is 7.79. The van der Waals surface area contributed by atoms with Gasteiger partial charge in [0.2, 0.25) is 5.91 Å². The van der Waals surface area contributed by atoms with Crippen molar-refractivity contribution in [2.45, 2.75) is 19.0 Å². The summed E-state index contributed by atoms with van der Waals surface area (Å²) in [5, 5.41) is 11.5. The summed E-state index contributed by atoms with van der Waals surface area (Å²) in [5.41, 5.74) is 2.06. The van der Waals surface area contributed by atoms with Crippen molar-refractivity contribution >= 4 is 34.3 Å². The van der Waals surface area contributed by atoms with E-state index in [-0.39, 0.29) is 24.2 Å². The first-order valence-corrected chi connectivity index (χ1v) is 10.7. The van der Waals surface area contributed by atoms with Crippen LogP contribution in [0.4, 0.5) is 0 Å². The third kappa shape index (κ3) is 3.65. The number of carbonyl (C=O) groups is 1. The summed E-state index contributed by atoms with van der Waals surface area (Å²) in [6.07, 6.45) is 4.63. The Morgan fingerprint density at radius 1 is 1.14 bits per heavy atom. The average Bonchev–Trinajstić information content (AvgIpc) is 3.27. The number of fused-ring (bicyclic) bond motifs is 2. The first kappa shape index (κ1) is 19.3. The molecular formula is C20H22N6O2S. The van der Waals surface area contributed by atoms with Crippen LogP contribution < -0.4 is 11.0 Å². The predicted molar refractivity (Wildman–Crippen MR) is 114 cm³/mol. The number of aromatic nitrogens is 5. The molecule has 4 aromatic rings. The summed E-state index contributed by atoms with van der Waals surface area (Å²) in [5.74, 6) is 1.32. The minimum Gasteiger partial charge on any atom is -0.344 e. The van der Waals surface area contributed by atoms with E-state index in [1.807, 2.05) is 59.3 Å². The normalized spacial score (nSPS) is 12.5. The predicted octanol–water partition coefficient (Wildman–Crippen LogP) is 1.99. The lowest BCUT2D eigenvalue weighted by atomic mass is 10.2. The highest BCUT2D eigenvalue weighted by atomic mass is 32.2. The molecule has 4 rings (SSSR count). The fourth-order valence-electron chi connectivity index (χ4n) is 3.50. The van der Waals surface area contributed by atoms with Gasteiger partial charge in [0, 0.05) is 13.2 Å². The number of carbonyl (C=O) groups excluding carboxylic acids is 1. The number of nitrogens with zero attached hydrogens (tertiary/aromatic N) is 5. The summed E-state index contributed by atoms with van der Waals surface area (Å²) in [7, 11) is 1.71. The van der Waals surface area contributed by atoms with Gasteiger partial charge in [0.1, 0.15) is 6.54 Å². The van der Waals surface area contributed by atoms with E-state index in [9.17, 15) is 9.59 Å². The van der Waals surface area contributed by atoms with Gasteiger partial charge < -0.3 is 5.32 Å². The summed E-state index contributed by atoms with van der Waals surface area (Å²) in [6, 6.07) is 12.8. The number of aryl methyl sites for hydroxylation is 1. The van der Waals surface area contributed by atoms with E-state index in [0.717, 1.165) is 22.4 Å². The number of benzene rings is 1. The van der Waals surface area contributed by atoms with Crippen LogP contribution in [0.25, 0.3) is 16.7 Å². The van der Waals surface area contributed by atoms with Crippen LogP contribution in [0.5, 0.6) is 0 Å². The zero-order chi connectivity index (χ0) is 20.4. The molecule has 29 heavy (non-hydrogen) atoms. The number of hydrogen-bond acceptors (Lipinski definition) is 5. The summed E-state index contributed by atoms with van der Waals surface area (Å²) in [6.45, 7) is -0.0489. The second-order valence-electron chi connectivity index (χ2n) is 6.81. The quantitative estimate of drug-likeness (QED) is 0.504. The molecule has 0 saturated heterocycles. The average molecular weight is 411 g/mol. The Kier molecular flexibility index (Phi) is 5.39. The van der Waals surface area contributed by atoms with Crippen molar-refractivity contribution in [1.82, 2.24) is 29.0 Å². The van der Waals surface area contributed by atoms with Crippen LogP contribution in [0, 0.1) is 0 Å². The number of nitrogens with one attached hydrogen (secondary N) is 1. The molecular weight excluding hydrogens is 388 g/mol. The maximum atomic E-state index is 12.9. The summed E-state index contributed by atoms with van der Waals surface area (Å²) >= 11 is 1.70. The van der Waals surface area contributed by atoms with Crippen molar-refractivity contribution in [2.24, 2.45) is 7.05 Å². The number of pyridine rings is 1. The Balaban J connectivity index is 1.61. The Morgan fingerprint density at radius 2 is 1.90 bits per heavy atom. The van der Waals surface area contributed by atoms with Gasteiger partial charge >= 0.3 is 5.69 Å². The first-order chi connectivity index (χ1) is 14.1. The highest BCUT2D eigenvalue weighted by molar-refractivity contribution is 7.98. The highest BCUT2D eigenvalue weighted by Crippen LogP contribution is 2.18. The van der Waals surface area contributed by atoms with Crippen molar-refractivity contribution in [3.63, 3.8) is 0 Å². The Bertz CT molecular complexity index is 1220. The van der Waals surface area contributed by atoms with Crippen LogP contribution in [0.15, 0.2) is 53.5 Å². The molecule has 0 spiro atoms. The molecule has 1 atom stereocenters. The molecule has 9 heteroatoms. The third-order valence-corrected chi connectivity index (χ3v) is 5.60. The molecule has 150 valence electrons. The molecule has 3 aromatic heterocycles. The highest BCUT2D eigenvalue weighted by Gasteiger charge is 2.21. The molecule has 1 aromatic carbocycles. The number of para-hydroxylation sites is 2. The van der Waals surface area contributed by atoms with Crippen molar-refractivity contribution in [1.29, 1.82) is 0 Å². The smallest absolute Gasteiger partial charge is 0.329 e. The molecule has 0 radical (unpaired) electrons. The van der Waals surface area contributed by atoms with E-state index in [2.05, 4.69) is 15.5 Å². The number of amides is 1. The van der Waals surface area contributed by atoms with Crippen LogP contribution in [-0.2, 0) is 18.4 Å². The van der Waals surface area contributed by atoms with Crippen molar-refractivity contribution in [3.05, 3.63) is 65.0 Å². The van der Waals surface area contributed by atoms with Crippen LogP contribution in [0.1, 0.15) is 18.3 Å². The van der Waals surface area contributed by atoms with E-state index < -0.39 is 0 Å². The van der Waals surface area contributed by atoms with Crippen LogP contribution in [0.2, 0.25) is 0 Å². The van der Waals surface area contributed by atoms with Gasteiger partial charge in [-0.2, -0.15) is 11.8 Å². The largest absolute Gasteiger partial charge is 0.344 e. The monoisotopic (exact) mass is 410 g/mol. The molecule has 0 aliphatic rings. The molecule has 0 aliphatic carbocycles. The number of hydrogen-bond donors (Lipinski definition) is 1. The molecule has 0 fully saturated rings. The van der Waals surface area contributed by atoms with Gasteiger partial charge in [-0.1, -0.05) is 18.2 Å². The lowest BCUT2D eigenvalue weighted by Crippen LogP contribution is -2.36.